The third-order valence-electron chi connectivity index (χ3n) is 4.46. The van der Waals surface area contributed by atoms with Crippen LogP contribution in [0.2, 0.25) is 0 Å². The molecule has 2 aromatic heterocycles. The van der Waals surface area contributed by atoms with Gasteiger partial charge in [-0.1, -0.05) is 19.0 Å². The van der Waals surface area contributed by atoms with Crippen LogP contribution >= 0.6 is 0 Å². The minimum Gasteiger partial charge on any atom is -0.367 e. The maximum Gasteiger partial charge on any atom is 0.317 e. The van der Waals surface area contributed by atoms with Crippen molar-refractivity contribution >= 4 is 6.03 Å². The Bertz CT molecular complexity index is 738. The zero-order valence-electron chi connectivity index (χ0n) is 15.2. The molecule has 0 radical (unpaired) electrons. The summed E-state index contributed by atoms with van der Waals surface area (Å²) in [5.41, 5.74) is 1.30. The number of rotatable bonds is 4. The van der Waals surface area contributed by atoms with Crippen LogP contribution in [0.1, 0.15) is 43.7 Å². The van der Waals surface area contributed by atoms with Crippen molar-refractivity contribution in [3.05, 3.63) is 35.5 Å². The minimum atomic E-state index is -0.555. The number of ether oxygens (including phenoxy) is 1. The second-order valence-electron chi connectivity index (χ2n) is 6.94. The fraction of sp³-hybridized carbons (Fsp3) is 0.588. The van der Waals surface area contributed by atoms with Crippen LogP contribution in [0.15, 0.2) is 23.0 Å². The minimum absolute atomic E-state index is 0.138. The summed E-state index contributed by atoms with van der Waals surface area (Å²) in [5.74, 6) is 0.952. The van der Waals surface area contributed by atoms with Gasteiger partial charge < -0.3 is 19.5 Å². The van der Waals surface area contributed by atoms with Crippen molar-refractivity contribution in [1.29, 1.82) is 0 Å². The molecule has 3 rings (SSSR count). The molecule has 1 N–H and O–H groups in total. The highest BCUT2D eigenvalue weighted by Gasteiger charge is 2.36. The number of carbonyl (C=O) groups is 1. The summed E-state index contributed by atoms with van der Waals surface area (Å²) in [6.07, 6.45) is 3.70. The molecule has 0 saturated carbocycles. The van der Waals surface area contributed by atoms with E-state index in [-0.39, 0.29) is 6.03 Å². The molecule has 1 aliphatic rings. The Morgan fingerprint density at radius 1 is 1.48 bits per heavy atom. The zero-order chi connectivity index (χ0) is 18.0. The Kier molecular flexibility index (Phi) is 4.80. The third kappa shape index (κ3) is 3.84. The Morgan fingerprint density at radius 3 is 2.92 bits per heavy atom. The first-order valence-electron chi connectivity index (χ1n) is 8.49. The highest BCUT2D eigenvalue weighted by molar-refractivity contribution is 5.74. The summed E-state index contributed by atoms with van der Waals surface area (Å²) in [5, 5.41) is 11.1. The molecule has 1 atom stereocenters. The van der Waals surface area contributed by atoms with Crippen LogP contribution in [0.25, 0.3) is 0 Å². The molecule has 0 aromatic carbocycles. The molecule has 0 unspecified atom stereocenters. The number of nitrogens with zero attached hydrogens (tertiary/aromatic N) is 4. The quantitative estimate of drug-likeness (QED) is 0.914. The Hall–Kier alpha value is -2.35. The van der Waals surface area contributed by atoms with Gasteiger partial charge in [0, 0.05) is 31.4 Å². The molecule has 2 aromatic rings. The monoisotopic (exact) mass is 347 g/mol. The largest absolute Gasteiger partial charge is 0.367 e. The van der Waals surface area contributed by atoms with E-state index in [9.17, 15) is 4.79 Å². The first kappa shape index (κ1) is 17.5. The lowest BCUT2D eigenvalue weighted by molar-refractivity contribution is -0.0907. The summed E-state index contributed by atoms with van der Waals surface area (Å²) in [6, 6.07) is 1.74. The van der Waals surface area contributed by atoms with Gasteiger partial charge in [-0.3, -0.25) is 4.68 Å². The summed E-state index contributed by atoms with van der Waals surface area (Å²) in [7, 11) is 1.86. The van der Waals surface area contributed by atoms with Crippen molar-refractivity contribution in [2.24, 2.45) is 7.05 Å². The van der Waals surface area contributed by atoms with Gasteiger partial charge in [0.05, 0.1) is 31.6 Å². The van der Waals surface area contributed by atoms with Gasteiger partial charge >= 0.3 is 6.03 Å². The number of carbonyl (C=O) groups excluding carboxylic acids is 1. The smallest absolute Gasteiger partial charge is 0.317 e. The van der Waals surface area contributed by atoms with Crippen molar-refractivity contribution in [2.75, 3.05) is 19.7 Å². The van der Waals surface area contributed by atoms with Crippen LogP contribution in [0, 0.1) is 0 Å². The predicted molar refractivity (Wildman–Crippen MR) is 90.9 cm³/mol. The first-order valence-corrected chi connectivity index (χ1v) is 8.49. The molecule has 1 aliphatic heterocycles. The number of nitrogens with one attached hydrogen (secondary N) is 1. The van der Waals surface area contributed by atoms with E-state index in [2.05, 4.69) is 15.6 Å². The molecule has 0 spiro atoms. The summed E-state index contributed by atoms with van der Waals surface area (Å²) in [4.78, 5) is 14.3. The van der Waals surface area contributed by atoms with E-state index in [0.717, 1.165) is 11.3 Å². The molecular formula is C17H25N5O3. The number of urea groups is 1. The lowest BCUT2D eigenvalue weighted by Crippen LogP contribution is -2.53. The molecule has 1 fully saturated rings. The second-order valence-corrected chi connectivity index (χ2v) is 6.94. The van der Waals surface area contributed by atoms with Gasteiger partial charge in [0.1, 0.15) is 5.60 Å². The van der Waals surface area contributed by atoms with Gasteiger partial charge in [0.25, 0.3) is 0 Å². The number of morpholine rings is 1. The van der Waals surface area contributed by atoms with Crippen LogP contribution in [-0.2, 0) is 23.9 Å². The van der Waals surface area contributed by atoms with Crippen LogP contribution in [-0.4, -0.2) is 45.6 Å². The lowest BCUT2D eigenvalue weighted by atomic mass is 9.97. The zero-order valence-corrected chi connectivity index (χ0v) is 15.2. The van der Waals surface area contributed by atoms with Gasteiger partial charge in [0.2, 0.25) is 0 Å². The molecule has 25 heavy (non-hydrogen) atoms. The average molecular weight is 347 g/mol. The van der Waals surface area contributed by atoms with E-state index in [0.29, 0.717) is 37.9 Å². The molecule has 0 aliphatic carbocycles. The van der Waals surface area contributed by atoms with E-state index in [1.165, 1.54) is 0 Å². The highest BCUT2D eigenvalue weighted by Crippen LogP contribution is 2.29. The molecule has 8 heteroatoms. The fourth-order valence-corrected chi connectivity index (χ4v) is 2.87. The fourth-order valence-electron chi connectivity index (χ4n) is 2.87. The number of aromatic nitrogens is 3. The molecule has 3 heterocycles. The van der Waals surface area contributed by atoms with Crippen LogP contribution in [0.5, 0.6) is 0 Å². The highest BCUT2D eigenvalue weighted by atomic mass is 16.5. The Balaban J connectivity index is 1.60. The second kappa shape index (κ2) is 6.87. The third-order valence-corrected chi connectivity index (χ3v) is 4.46. The molecule has 136 valence electrons. The van der Waals surface area contributed by atoms with E-state index in [4.69, 9.17) is 9.26 Å². The van der Waals surface area contributed by atoms with Crippen molar-refractivity contribution in [3.8, 4) is 0 Å². The topological polar surface area (TPSA) is 85.4 Å². The predicted octanol–water partition coefficient (Wildman–Crippen LogP) is 1.99. The van der Waals surface area contributed by atoms with E-state index in [1.807, 2.05) is 40.1 Å². The average Bonchev–Trinajstić information content (AvgIpc) is 3.22. The van der Waals surface area contributed by atoms with Gasteiger partial charge in [-0.25, -0.2) is 4.79 Å². The molecule has 1 saturated heterocycles. The van der Waals surface area contributed by atoms with E-state index in [1.54, 1.807) is 15.8 Å². The van der Waals surface area contributed by atoms with Crippen LogP contribution in [0.4, 0.5) is 4.79 Å². The van der Waals surface area contributed by atoms with Gasteiger partial charge in [0.15, 0.2) is 5.76 Å². The lowest BCUT2D eigenvalue weighted by Gasteiger charge is -2.39. The number of hydrogen-bond acceptors (Lipinski definition) is 5. The standard InChI is InChI=1S/C17H25N5O3/c1-12(2)15-7-14(25-20-15)9-18-16(23)22-5-6-24-17(3,11-22)13-8-19-21(4)10-13/h7-8,10,12H,5-6,9,11H2,1-4H3,(H,18,23)/t17-/m1/s1. The van der Waals surface area contributed by atoms with Crippen molar-refractivity contribution in [2.45, 2.75) is 38.8 Å². The van der Waals surface area contributed by atoms with Crippen molar-refractivity contribution in [3.63, 3.8) is 0 Å². The van der Waals surface area contributed by atoms with Gasteiger partial charge in [-0.2, -0.15) is 5.10 Å². The number of amides is 2. The van der Waals surface area contributed by atoms with Gasteiger partial charge in [-0.15, -0.1) is 0 Å². The Morgan fingerprint density at radius 2 is 2.28 bits per heavy atom. The van der Waals surface area contributed by atoms with E-state index < -0.39 is 5.60 Å². The molecule has 8 nitrogen and oxygen atoms in total. The molecular weight excluding hydrogens is 322 g/mol. The van der Waals surface area contributed by atoms with Crippen LogP contribution in [0.3, 0.4) is 0 Å². The maximum atomic E-state index is 12.5. The number of aryl methyl sites for hydroxylation is 1. The van der Waals surface area contributed by atoms with Gasteiger partial charge in [-0.05, 0) is 12.8 Å². The number of hydrogen-bond donors (Lipinski definition) is 1. The SMILES string of the molecule is CC(C)c1cc(CNC(=O)N2CCO[C@@](C)(c3cnn(C)c3)C2)on1. The first-order chi connectivity index (χ1) is 11.9. The Labute approximate surface area is 147 Å². The maximum absolute atomic E-state index is 12.5. The summed E-state index contributed by atoms with van der Waals surface area (Å²) in [6.45, 7) is 7.90. The van der Waals surface area contributed by atoms with Crippen molar-refractivity contribution < 1.29 is 14.1 Å². The molecule has 0 bridgehead atoms. The molecule has 2 amide bonds. The normalized spacial score (nSPS) is 20.9. The summed E-state index contributed by atoms with van der Waals surface area (Å²) >= 11 is 0. The van der Waals surface area contributed by atoms with Crippen LogP contribution < -0.4 is 5.32 Å². The van der Waals surface area contributed by atoms with E-state index >= 15 is 0 Å². The van der Waals surface area contributed by atoms with Crippen molar-refractivity contribution in [1.82, 2.24) is 25.2 Å². The summed E-state index contributed by atoms with van der Waals surface area (Å²) < 4.78 is 12.9.